The second-order valence-corrected chi connectivity index (χ2v) is 5.54. The molecule has 0 saturated heterocycles. The zero-order chi connectivity index (χ0) is 15.9. The third kappa shape index (κ3) is 2.21. The molecule has 2 N–H and O–H groups in total. The highest BCUT2D eigenvalue weighted by atomic mass is 16.3. The Hall–Kier alpha value is -2.47. The van der Waals surface area contributed by atoms with Gasteiger partial charge in [-0.15, -0.1) is 0 Å². The van der Waals surface area contributed by atoms with Crippen molar-refractivity contribution in [3.8, 4) is 0 Å². The Labute approximate surface area is 126 Å². The molecule has 0 fully saturated rings. The summed E-state index contributed by atoms with van der Waals surface area (Å²) in [6.45, 7) is 4.07. The molecule has 0 bridgehead atoms. The molecule has 2 heterocycles. The van der Waals surface area contributed by atoms with E-state index in [4.69, 9.17) is 0 Å². The first-order valence-electron chi connectivity index (χ1n) is 7.14. The number of aryl methyl sites for hydroxylation is 3. The van der Waals surface area contributed by atoms with Crippen LogP contribution in [0.4, 0.5) is 0 Å². The molecule has 1 unspecified atom stereocenters. The van der Waals surface area contributed by atoms with E-state index >= 15 is 0 Å². The minimum atomic E-state index is -1.06. The van der Waals surface area contributed by atoms with Gasteiger partial charge in [0.15, 0.2) is 0 Å². The number of hydrogen-bond donors (Lipinski definition) is 2. The summed E-state index contributed by atoms with van der Waals surface area (Å²) in [5, 5.41) is 18.0. The molecule has 6 nitrogen and oxygen atoms in total. The highest BCUT2D eigenvalue weighted by Crippen LogP contribution is 2.24. The van der Waals surface area contributed by atoms with Gasteiger partial charge in [0.25, 0.3) is 5.56 Å². The highest BCUT2D eigenvalue weighted by molar-refractivity contribution is 6.04. The molecule has 114 valence electrons. The molecule has 0 aliphatic rings. The molecular weight excluding hydrogens is 282 g/mol. The Balaban J connectivity index is 2.32. The molecule has 2 aromatic heterocycles. The van der Waals surface area contributed by atoms with Crippen LogP contribution in [-0.4, -0.2) is 32.3 Å². The van der Waals surface area contributed by atoms with Crippen LogP contribution in [0.1, 0.15) is 17.7 Å². The number of aldehydes is 1. The van der Waals surface area contributed by atoms with E-state index in [9.17, 15) is 14.7 Å². The highest BCUT2D eigenvalue weighted by Gasteiger charge is 2.16. The molecule has 1 aromatic carbocycles. The summed E-state index contributed by atoms with van der Waals surface area (Å²) < 4.78 is 1.60. The van der Waals surface area contributed by atoms with E-state index in [-0.39, 0.29) is 18.5 Å². The van der Waals surface area contributed by atoms with E-state index < -0.39 is 6.10 Å². The van der Waals surface area contributed by atoms with Crippen LogP contribution in [-0.2, 0) is 11.3 Å². The average molecular weight is 299 g/mol. The van der Waals surface area contributed by atoms with Crippen LogP contribution in [0.15, 0.2) is 23.0 Å². The summed E-state index contributed by atoms with van der Waals surface area (Å²) in [5.41, 5.74) is 3.05. The van der Waals surface area contributed by atoms with Gasteiger partial charge in [0.05, 0.1) is 10.9 Å². The minimum absolute atomic E-state index is 0.157. The largest absolute Gasteiger partial charge is 0.386 e. The number of carbonyl (C=O) groups is 1. The number of nitrogens with one attached hydrogen (secondary N) is 1. The number of aromatic nitrogens is 3. The molecule has 3 rings (SSSR count). The average Bonchev–Trinajstić information content (AvgIpc) is 2.89. The number of carbonyl (C=O) groups excluding carboxylic acids is 1. The number of nitrogens with zero attached hydrogens (tertiary/aromatic N) is 2. The van der Waals surface area contributed by atoms with Crippen molar-refractivity contribution in [2.45, 2.75) is 32.9 Å². The lowest BCUT2D eigenvalue weighted by Gasteiger charge is -2.12. The smallest absolute Gasteiger partial charge is 0.262 e. The lowest BCUT2D eigenvalue weighted by atomic mass is 10.1. The number of pyridine rings is 1. The first-order chi connectivity index (χ1) is 10.5. The maximum atomic E-state index is 12.7. The van der Waals surface area contributed by atoms with Gasteiger partial charge in [0, 0.05) is 17.6 Å². The van der Waals surface area contributed by atoms with E-state index in [2.05, 4.69) is 10.2 Å². The van der Waals surface area contributed by atoms with E-state index in [1.807, 2.05) is 32.0 Å². The summed E-state index contributed by atoms with van der Waals surface area (Å²) in [7, 11) is 0. The predicted molar refractivity (Wildman–Crippen MR) is 84.0 cm³/mol. The number of aliphatic hydroxyl groups excluding tert-OH is 1. The van der Waals surface area contributed by atoms with Crippen molar-refractivity contribution in [1.29, 1.82) is 0 Å². The lowest BCUT2D eigenvalue weighted by Crippen LogP contribution is -2.24. The lowest BCUT2D eigenvalue weighted by molar-refractivity contribution is -0.115. The topological polar surface area (TPSA) is 88.0 Å². The van der Waals surface area contributed by atoms with Crippen LogP contribution in [0, 0.1) is 13.8 Å². The summed E-state index contributed by atoms with van der Waals surface area (Å²) >= 11 is 0. The Morgan fingerprint density at radius 1 is 1.41 bits per heavy atom. The number of benzene rings is 1. The first kappa shape index (κ1) is 14.5. The SMILES string of the molecule is Cc1ccc2c(c1)c1n[nH]c(C)c1c(=O)n2CCC(O)C=O. The van der Waals surface area contributed by atoms with E-state index in [0.29, 0.717) is 22.9 Å². The molecule has 0 saturated carbocycles. The van der Waals surface area contributed by atoms with Crippen LogP contribution < -0.4 is 5.56 Å². The van der Waals surface area contributed by atoms with Gasteiger partial charge in [-0.2, -0.15) is 5.10 Å². The fourth-order valence-corrected chi connectivity index (χ4v) is 2.76. The minimum Gasteiger partial charge on any atom is -0.386 e. The normalized spacial score (nSPS) is 12.9. The van der Waals surface area contributed by atoms with Gasteiger partial charge in [0.1, 0.15) is 17.9 Å². The quantitative estimate of drug-likeness (QED) is 0.714. The fraction of sp³-hybridized carbons (Fsp3) is 0.312. The van der Waals surface area contributed by atoms with E-state index in [0.717, 1.165) is 16.5 Å². The number of hydrogen-bond acceptors (Lipinski definition) is 4. The third-order valence-corrected chi connectivity index (χ3v) is 3.91. The van der Waals surface area contributed by atoms with Crippen LogP contribution in [0.2, 0.25) is 0 Å². The molecule has 0 aliphatic heterocycles. The van der Waals surface area contributed by atoms with Crippen molar-refractivity contribution in [2.24, 2.45) is 0 Å². The van der Waals surface area contributed by atoms with Crippen LogP contribution >= 0.6 is 0 Å². The maximum Gasteiger partial charge on any atom is 0.262 e. The van der Waals surface area contributed by atoms with Crippen LogP contribution in [0.5, 0.6) is 0 Å². The molecule has 22 heavy (non-hydrogen) atoms. The van der Waals surface area contributed by atoms with Crippen molar-refractivity contribution in [3.05, 3.63) is 39.8 Å². The maximum absolute atomic E-state index is 12.7. The van der Waals surface area contributed by atoms with Crippen molar-refractivity contribution >= 4 is 28.1 Å². The Morgan fingerprint density at radius 3 is 2.91 bits per heavy atom. The molecular formula is C16H17N3O3. The number of fused-ring (bicyclic) bond motifs is 3. The molecule has 1 atom stereocenters. The standard InChI is InChI=1S/C16H17N3O3/c1-9-3-4-13-12(7-9)15-14(10(2)17-18-15)16(22)19(13)6-5-11(21)8-20/h3-4,7-8,11,21H,5-6H2,1-2H3,(H,17,18). The van der Waals surface area contributed by atoms with Gasteiger partial charge < -0.3 is 14.5 Å². The number of aromatic amines is 1. The van der Waals surface area contributed by atoms with Crippen LogP contribution in [0.3, 0.4) is 0 Å². The van der Waals surface area contributed by atoms with Crippen LogP contribution in [0.25, 0.3) is 21.8 Å². The summed E-state index contributed by atoms with van der Waals surface area (Å²) in [6.07, 6.45) is -0.373. The zero-order valence-corrected chi connectivity index (χ0v) is 12.5. The van der Waals surface area contributed by atoms with E-state index in [1.165, 1.54) is 0 Å². The van der Waals surface area contributed by atoms with Gasteiger partial charge in [-0.05, 0) is 32.4 Å². The fourth-order valence-electron chi connectivity index (χ4n) is 2.76. The Bertz CT molecular complexity index is 924. The monoisotopic (exact) mass is 299 g/mol. The van der Waals surface area contributed by atoms with Gasteiger partial charge in [0.2, 0.25) is 0 Å². The van der Waals surface area contributed by atoms with Crippen molar-refractivity contribution in [2.75, 3.05) is 0 Å². The summed E-state index contributed by atoms with van der Waals surface area (Å²) in [5.74, 6) is 0. The van der Waals surface area contributed by atoms with Crippen molar-refractivity contribution in [1.82, 2.24) is 14.8 Å². The van der Waals surface area contributed by atoms with Gasteiger partial charge >= 0.3 is 0 Å². The van der Waals surface area contributed by atoms with Gasteiger partial charge in [-0.25, -0.2) is 0 Å². The van der Waals surface area contributed by atoms with Gasteiger partial charge in [-0.1, -0.05) is 11.6 Å². The number of rotatable bonds is 4. The number of H-pyrrole nitrogens is 1. The van der Waals surface area contributed by atoms with Gasteiger partial charge in [-0.3, -0.25) is 9.89 Å². The molecule has 0 amide bonds. The van der Waals surface area contributed by atoms with Crippen molar-refractivity contribution in [3.63, 3.8) is 0 Å². The Morgan fingerprint density at radius 2 is 2.18 bits per heavy atom. The molecule has 0 aliphatic carbocycles. The second-order valence-electron chi connectivity index (χ2n) is 5.54. The molecule has 0 radical (unpaired) electrons. The first-order valence-corrected chi connectivity index (χ1v) is 7.14. The molecule has 6 heteroatoms. The van der Waals surface area contributed by atoms with E-state index in [1.54, 1.807) is 4.57 Å². The molecule has 0 spiro atoms. The van der Waals surface area contributed by atoms with Crippen molar-refractivity contribution < 1.29 is 9.90 Å². The predicted octanol–water partition coefficient (Wildman–Crippen LogP) is 1.44. The summed E-state index contributed by atoms with van der Waals surface area (Å²) in [6, 6.07) is 5.80. The summed E-state index contributed by atoms with van der Waals surface area (Å²) in [4.78, 5) is 23.3. The Kier molecular flexibility index (Phi) is 3.54. The number of aliphatic hydroxyl groups is 1. The zero-order valence-electron chi connectivity index (χ0n) is 12.5. The third-order valence-electron chi connectivity index (χ3n) is 3.91. The molecule has 3 aromatic rings. The second kappa shape index (κ2) is 5.38.